The van der Waals surface area contributed by atoms with Crippen molar-refractivity contribution in [2.24, 2.45) is 5.92 Å². The van der Waals surface area contributed by atoms with Crippen molar-refractivity contribution in [2.75, 3.05) is 19.8 Å². The van der Waals surface area contributed by atoms with Gasteiger partial charge in [0.15, 0.2) is 0 Å². The van der Waals surface area contributed by atoms with Crippen LogP contribution < -0.4 is 10.2 Å². The molecule has 0 spiro atoms. The van der Waals surface area contributed by atoms with Crippen LogP contribution in [0.3, 0.4) is 0 Å². The summed E-state index contributed by atoms with van der Waals surface area (Å²) in [5.74, 6) is 1.22. The lowest BCUT2D eigenvalue weighted by Gasteiger charge is -2.09. The molecular formula is C12H19BO4. The van der Waals surface area contributed by atoms with Crippen molar-refractivity contribution >= 4 is 12.6 Å². The second-order valence-electron chi connectivity index (χ2n) is 4.26. The number of benzene rings is 1. The van der Waals surface area contributed by atoms with Gasteiger partial charge in [-0.1, -0.05) is 26.0 Å². The first-order chi connectivity index (χ1) is 8.09. The number of rotatable bonds is 7. The molecule has 0 fully saturated rings. The Morgan fingerprint density at radius 1 is 1.12 bits per heavy atom. The summed E-state index contributed by atoms with van der Waals surface area (Å²) in [6, 6.07) is 6.65. The third kappa shape index (κ3) is 5.72. The summed E-state index contributed by atoms with van der Waals surface area (Å²) in [7, 11) is -1.43. The molecule has 0 unspecified atom stereocenters. The molecule has 0 amide bonds. The largest absolute Gasteiger partial charge is 0.491 e. The van der Waals surface area contributed by atoms with Crippen LogP contribution in [0.1, 0.15) is 13.8 Å². The molecule has 0 aliphatic heterocycles. The Balaban J connectivity index is 2.23. The average molecular weight is 238 g/mol. The van der Waals surface area contributed by atoms with E-state index in [9.17, 15) is 0 Å². The monoisotopic (exact) mass is 238 g/mol. The molecule has 0 heterocycles. The van der Waals surface area contributed by atoms with Crippen LogP contribution >= 0.6 is 0 Å². The van der Waals surface area contributed by atoms with Gasteiger partial charge in [-0.25, -0.2) is 0 Å². The zero-order valence-corrected chi connectivity index (χ0v) is 10.3. The van der Waals surface area contributed by atoms with Gasteiger partial charge < -0.3 is 19.5 Å². The third-order valence-electron chi connectivity index (χ3n) is 2.13. The van der Waals surface area contributed by atoms with Crippen LogP contribution in [0, 0.1) is 5.92 Å². The van der Waals surface area contributed by atoms with E-state index in [-0.39, 0.29) is 0 Å². The van der Waals surface area contributed by atoms with Gasteiger partial charge in [0, 0.05) is 6.61 Å². The van der Waals surface area contributed by atoms with E-state index in [4.69, 9.17) is 19.5 Å². The summed E-state index contributed by atoms with van der Waals surface area (Å²) in [5, 5.41) is 17.8. The van der Waals surface area contributed by atoms with Gasteiger partial charge in [0.2, 0.25) is 0 Å². The van der Waals surface area contributed by atoms with Gasteiger partial charge >= 0.3 is 7.12 Å². The topological polar surface area (TPSA) is 58.9 Å². The standard InChI is InChI=1S/C12H19BO4/c1-10(2)9-16-7-8-17-12-5-3-11(4-6-12)13(14)15/h3-6,10,14-15H,7-9H2,1-2H3. The zero-order valence-electron chi connectivity index (χ0n) is 10.3. The first-order valence-electron chi connectivity index (χ1n) is 5.76. The van der Waals surface area contributed by atoms with E-state index in [0.29, 0.717) is 30.3 Å². The van der Waals surface area contributed by atoms with Gasteiger partial charge in [-0.05, 0) is 23.5 Å². The van der Waals surface area contributed by atoms with Crippen LogP contribution in [-0.4, -0.2) is 37.0 Å². The lowest BCUT2D eigenvalue weighted by atomic mass is 9.80. The highest BCUT2D eigenvalue weighted by atomic mass is 16.5. The molecule has 0 aliphatic carbocycles. The lowest BCUT2D eigenvalue weighted by Crippen LogP contribution is -2.29. The van der Waals surface area contributed by atoms with E-state index in [1.165, 1.54) is 0 Å². The Morgan fingerprint density at radius 2 is 1.76 bits per heavy atom. The first kappa shape index (κ1) is 14.0. The Kier molecular flexibility index (Phi) is 6.04. The fourth-order valence-electron chi connectivity index (χ4n) is 1.27. The summed E-state index contributed by atoms with van der Waals surface area (Å²) in [5.41, 5.74) is 0.452. The molecular weight excluding hydrogens is 219 g/mol. The lowest BCUT2D eigenvalue weighted by molar-refractivity contribution is 0.0819. The molecule has 0 radical (unpaired) electrons. The van der Waals surface area contributed by atoms with Crippen LogP contribution in [0.2, 0.25) is 0 Å². The van der Waals surface area contributed by atoms with Crippen molar-refractivity contribution in [3.05, 3.63) is 24.3 Å². The molecule has 94 valence electrons. The summed E-state index contributed by atoms with van der Waals surface area (Å²) < 4.78 is 10.8. The van der Waals surface area contributed by atoms with Crippen LogP contribution in [0.5, 0.6) is 5.75 Å². The van der Waals surface area contributed by atoms with E-state index in [1.807, 2.05) is 0 Å². The third-order valence-corrected chi connectivity index (χ3v) is 2.13. The normalized spacial score (nSPS) is 10.6. The molecule has 4 nitrogen and oxygen atoms in total. The minimum atomic E-state index is -1.43. The second-order valence-corrected chi connectivity index (χ2v) is 4.26. The van der Waals surface area contributed by atoms with Gasteiger partial charge in [0.1, 0.15) is 12.4 Å². The fraction of sp³-hybridized carbons (Fsp3) is 0.500. The zero-order chi connectivity index (χ0) is 12.7. The minimum absolute atomic E-state index is 0.452. The molecule has 0 aromatic heterocycles. The van der Waals surface area contributed by atoms with Crippen molar-refractivity contribution in [3.8, 4) is 5.75 Å². The van der Waals surface area contributed by atoms with Crippen LogP contribution in [0.25, 0.3) is 0 Å². The summed E-state index contributed by atoms with van der Waals surface area (Å²) in [6.45, 7) is 5.98. The maximum atomic E-state index is 8.91. The molecule has 0 saturated heterocycles. The van der Waals surface area contributed by atoms with Crippen LogP contribution in [-0.2, 0) is 4.74 Å². The Morgan fingerprint density at radius 3 is 2.29 bits per heavy atom. The average Bonchev–Trinajstić information content (AvgIpc) is 2.29. The van der Waals surface area contributed by atoms with Gasteiger partial charge in [0.25, 0.3) is 0 Å². The highest BCUT2D eigenvalue weighted by molar-refractivity contribution is 6.58. The van der Waals surface area contributed by atoms with Crippen LogP contribution in [0.4, 0.5) is 0 Å². The van der Waals surface area contributed by atoms with Crippen molar-refractivity contribution in [2.45, 2.75) is 13.8 Å². The van der Waals surface area contributed by atoms with Crippen molar-refractivity contribution < 1.29 is 19.5 Å². The second kappa shape index (κ2) is 7.32. The molecule has 17 heavy (non-hydrogen) atoms. The molecule has 0 saturated carbocycles. The van der Waals surface area contributed by atoms with Gasteiger partial charge in [-0.15, -0.1) is 0 Å². The van der Waals surface area contributed by atoms with E-state index >= 15 is 0 Å². The minimum Gasteiger partial charge on any atom is -0.491 e. The SMILES string of the molecule is CC(C)COCCOc1ccc(B(O)O)cc1. The number of hydrogen-bond acceptors (Lipinski definition) is 4. The van der Waals surface area contributed by atoms with E-state index in [1.54, 1.807) is 24.3 Å². The van der Waals surface area contributed by atoms with E-state index < -0.39 is 7.12 Å². The molecule has 5 heteroatoms. The Hall–Kier alpha value is -1.04. The molecule has 0 aliphatic rings. The smallest absolute Gasteiger partial charge is 0.488 e. The fourth-order valence-corrected chi connectivity index (χ4v) is 1.27. The maximum Gasteiger partial charge on any atom is 0.488 e. The molecule has 1 aromatic carbocycles. The quantitative estimate of drug-likeness (QED) is 0.533. The van der Waals surface area contributed by atoms with E-state index in [2.05, 4.69) is 13.8 Å². The van der Waals surface area contributed by atoms with Gasteiger partial charge in [-0.2, -0.15) is 0 Å². The first-order valence-corrected chi connectivity index (χ1v) is 5.76. The molecule has 1 aromatic rings. The summed E-state index contributed by atoms with van der Waals surface area (Å²) >= 11 is 0. The molecule has 1 rings (SSSR count). The number of ether oxygens (including phenoxy) is 2. The predicted molar refractivity (Wildman–Crippen MR) is 67.4 cm³/mol. The highest BCUT2D eigenvalue weighted by Crippen LogP contribution is 2.07. The number of hydrogen-bond donors (Lipinski definition) is 2. The Bertz CT molecular complexity index is 311. The molecule has 0 bridgehead atoms. The van der Waals surface area contributed by atoms with E-state index in [0.717, 1.165) is 6.61 Å². The van der Waals surface area contributed by atoms with Crippen LogP contribution in [0.15, 0.2) is 24.3 Å². The van der Waals surface area contributed by atoms with Gasteiger partial charge in [-0.3, -0.25) is 0 Å². The van der Waals surface area contributed by atoms with Crippen molar-refractivity contribution in [3.63, 3.8) is 0 Å². The van der Waals surface area contributed by atoms with Crippen molar-refractivity contribution in [1.29, 1.82) is 0 Å². The highest BCUT2D eigenvalue weighted by Gasteiger charge is 2.09. The summed E-state index contributed by atoms with van der Waals surface area (Å²) in [4.78, 5) is 0. The molecule has 0 atom stereocenters. The Labute approximate surface area is 102 Å². The predicted octanol–water partition coefficient (Wildman–Crippen LogP) is 0.418. The summed E-state index contributed by atoms with van der Waals surface area (Å²) in [6.07, 6.45) is 0. The van der Waals surface area contributed by atoms with Gasteiger partial charge in [0.05, 0.1) is 6.61 Å². The van der Waals surface area contributed by atoms with Crippen molar-refractivity contribution in [1.82, 2.24) is 0 Å². The molecule has 2 N–H and O–H groups in total. The maximum absolute atomic E-state index is 8.91.